The highest BCUT2D eigenvalue weighted by Crippen LogP contribution is 2.27. The van der Waals surface area contributed by atoms with Crippen LogP contribution in [-0.4, -0.2) is 37.7 Å². The predicted molar refractivity (Wildman–Crippen MR) is 101 cm³/mol. The lowest BCUT2D eigenvalue weighted by Crippen LogP contribution is -2.45. The van der Waals surface area contributed by atoms with Crippen LogP contribution in [0.5, 0.6) is 0 Å². The van der Waals surface area contributed by atoms with E-state index in [0.29, 0.717) is 0 Å². The third kappa shape index (κ3) is 4.20. The molecular formula is C19H27N3OS. The van der Waals surface area contributed by atoms with Crippen LogP contribution in [0.1, 0.15) is 40.2 Å². The lowest BCUT2D eigenvalue weighted by atomic mass is 10.2. The van der Waals surface area contributed by atoms with Crippen molar-refractivity contribution < 1.29 is 4.79 Å². The van der Waals surface area contributed by atoms with Gasteiger partial charge in [-0.3, -0.25) is 9.36 Å². The van der Waals surface area contributed by atoms with E-state index in [1.807, 2.05) is 28.7 Å². The third-order valence-corrected chi connectivity index (χ3v) is 4.95. The van der Waals surface area contributed by atoms with Gasteiger partial charge in [-0.05, 0) is 59.2 Å². The van der Waals surface area contributed by atoms with Crippen molar-refractivity contribution >= 4 is 17.7 Å². The Kier molecular flexibility index (Phi) is 6.10. The molecule has 2 aromatic rings. The van der Waals surface area contributed by atoms with Crippen molar-refractivity contribution in [2.75, 3.05) is 0 Å². The molecule has 0 aliphatic heterocycles. The zero-order chi connectivity index (χ0) is 17.9. The number of hydrogen-bond acceptors (Lipinski definition) is 3. The quantitative estimate of drug-likeness (QED) is 0.732. The largest absolute Gasteiger partial charge is 0.337 e. The van der Waals surface area contributed by atoms with Crippen LogP contribution < -0.4 is 0 Å². The number of imidazole rings is 1. The van der Waals surface area contributed by atoms with E-state index in [-0.39, 0.29) is 23.2 Å². The van der Waals surface area contributed by atoms with Gasteiger partial charge in [-0.2, -0.15) is 0 Å². The van der Waals surface area contributed by atoms with Crippen molar-refractivity contribution in [3.8, 4) is 5.69 Å². The molecule has 1 atom stereocenters. The minimum atomic E-state index is -0.180. The van der Waals surface area contributed by atoms with Gasteiger partial charge in [-0.25, -0.2) is 4.98 Å². The average molecular weight is 346 g/mol. The molecule has 0 saturated carbocycles. The average Bonchev–Trinajstić information content (AvgIpc) is 2.94. The summed E-state index contributed by atoms with van der Waals surface area (Å²) in [5, 5.41) is 0.662. The zero-order valence-electron chi connectivity index (χ0n) is 15.4. The summed E-state index contributed by atoms with van der Waals surface area (Å²) < 4.78 is 2.04. The molecule has 0 radical (unpaired) electrons. The number of carbonyl (C=O) groups is 1. The third-order valence-electron chi connectivity index (χ3n) is 3.88. The highest BCUT2D eigenvalue weighted by molar-refractivity contribution is 8.00. The lowest BCUT2D eigenvalue weighted by Gasteiger charge is -2.32. The summed E-state index contributed by atoms with van der Waals surface area (Å²) >= 11 is 1.51. The fraction of sp³-hybridized carbons (Fsp3) is 0.474. The number of aromatic nitrogens is 2. The van der Waals surface area contributed by atoms with Gasteiger partial charge in [-0.1, -0.05) is 23.9 Å². The van der Waals surface area contributed by atoms with Gasteiger partial charge < -0.3 is 4.90 Å². The summed E-state index contributed by atoms with van der Waals surface area (Å²) in [6, 6.07) is 8.66. The van der Waals surface area contributed by atoms with E-state index in [0.717, 1.165) is 10.8 Å². The minimum Gasteiger partial charge on any atom is -0.337 e. The molecule has 0 aliphatic rings. The molecular weight excluding hydrogens is 318 g/mol. The van der Waals surface area contributed by atoms with E-state index in [4.69, 9.17) is 0 Å². The first kappa shape index (κ1) is 18.6. The molecule has 0 spiro atoms. The summed E-state index contributed by atoms with van der Waals surface area (Å²) in [5.41, 5.74) is 2.27. The standard InChI is InChI=1S/C19H27N3OS/c1-13(2)22(14(3)4)18(23)16(6)24-19-20-10-11-21(19)17-9-7-8-15(5)12-17/h7-14,16H,1-6H3. The Bertz CT molecular complexity index is 685. The van der Waals surface area contributed by atoms with E-state index < -0.39 is 0 Å². The fourth-order valence-corrected chi connectivity index (χ4v) is 3.82. The van der Waals surface area contributed by atoms with Gasteiger partial charge in [0.1, 0.15) is 0 Å². The normalized spacial score (nSPS) is 12.7. The summed E-state index contributed by atoms with van der Waals surface area (Å²) in [6.45, 7) is 12.3. The van der Waals surface area contributed by atoms with Crippen LogP contribution in [0.2, 0.25) is 0 Å². The van der Waals surface area contributed by atoms with Crippen LogP contribution in [0.15, 0.2) is 41.8 Å². The molecule has 4 nitrogen and oxygen atoms in total. The maximum Gasteiger partial charge on any atom is 0.236 e. The number of nitrogens with zero attached hydrogens (tertiary/aromatic N) is 3. The van der Waals surface area contributed by atoms with E-state index in [2.05, 4.69) is 57.8 Å². The molecule has 1 aromatic heterocycles. The number of amides is 1. The first-order valence-electron chi connectivity index (χ1n) is 8.40. The Morgan fingerprint density at radius 1 is 1.17 bits per heavy atom. The minimum absolute atomic E-state index is 0.156. The van der Waals surface area contributed by atoms with Gasteiger partial charge >= 0.3 is 0 Å². The van der Waals surface area contributed by atoms with Crippen molar-refractivity contribution in [1.82, 2.24) is 14.5 Å². The van der Waals surface area contributed by atoms with Crippen LogP contribution >= 0.6 is 11.8 Å². The number of hydrogen-bond donors (Lipinski definition) is 0. The first-order chi connectivity index (χ1) is 11.3. The molecule has 0 bridgehead atoms. The van der Waals surface area contributed by atoms with E-state index in [1.165, 1.54) is 17.3 Å². The van der Waals surface area contributed by atoms with E-state index in [9.17, 15) is 4.79 Å². The highest BCUT2D eigenvalue weighted by Gasteiger charge is 2.26. The molecule has 130 valence electrons. The molecule has 1 unspecified atom stereocenters. The molecule has 0 fully saturated rings. The second-order valence-electron chi connectivity index (χ2n) is 6.61. The van der Waals surface area contributed by atoms with Gasteiger partial charge in [0.2, 0.25) is 5.91 Å². The Morgan fingerprint density at radius 3 is 2.42 bits per heavy atom. The fourth-order valence-electron chi connectivity index (χ4n) is 2.87. The van der Waals surface area contributed by atoms with Crippen LogP contribution in [0.25, 0.3) is 5.69 Å². The molecule has 0 saturated heterocycles. The van der Waals surface area contributed by atoms with Gasteiger partial charge in [0.05, 0.1) is 5.25 Å². The Balaban J connectivity index is 2.20. The summed E-state index contributed by atoms with van der Waals surface area (Å²) in [5.74, 6) is 0.156. The Labute approximate surface area is 149 Å². The molecule has 24 heavy (non-hydrogen) atoms. The van der Waals surface area contributed by atoms with Gasteiger partial charge in [-0.15, -0.1) is 0 Å². The molecule has 0 N–H and O–H groups in total. The maximum atomic E-state index is 12.8. The second kappa shape index (κ2) is 7.88. The van der Waals surface area contributed by atoms with Crippen LogP contribution in [0.3, 0.4) is 0 Å². The van der Waals surface area contributed by atoms with Crippen LogP contribution in [0, 0.1) is 6.92 Å². The maximum absolute atomic E-state index is 12.8. The number of rotatable bonds is 6. The lowest BCUT2D eigenvalue weighted by molar-refractivity contribution is -0.133. The molecule has 1 amide bonds. The van der Waals surface area contributed by atoms with Crippen molar-refractivity contribution in [2.45, 2.75) is 64.0 Å². The molecule has 2 rings (SSSR count). The highest BCUT2D eigenvalue weighted by atomic mass is 32.2. The van der Waals surface area contributed by atoms with Crippen molar-refractivity contribution in [3.63, 3.8) is 0 Å². The summed E-state index contributed by atoms with van der Waals surface area (Å²) in [7, 11) is 0. The van der Waals surface area contributed by atoms with Crippen molar-refractivity contribution in [3.05, 3.63) is 42.2 Å². The Hall–Kier alpha value is -1.75. The summed E-state index contributed by atoms with van der Waals surface area (Å²) in [6.07, 6.45) is 3.72. The van der Waals surface area contributed by atoms with Gasteiger partial charge in [0.25, 0.3) is 0 Å². The SMILES string of the molecule is Cc1cccc(-n2ccnc2SC(C)C(=O)N(C(C)C)C(C)C)c1. The van der Waals surface area contributed by atoms with Crippen LogP contribution in [-0.2, 0) is 4.79 Å². The second-order valence-corrected chi connectivity index (χ2v) is 7.92. The monoisotopic (exact) mass is 345 g/mol. The number of thioether (sulfide) groups is 1. The molecule has 0 aliphatic carbocycles. The molecule has 5 heteroatoms. The van der Waals surface area contributed by atoms with Crippen LogP contribution in [0.4, 0.5) is 0 Å². The topological polar surface area (TPSA) is 38.1 Å². The van der Waals surface area contributed by atoms with E-state index in [1.54, 1.807) is 6.20 Å². The number of aryl methyl sites for hydroxylation is 1. The summed E-state index contributed by atoms with van der Waals surface area (Å²) in [4.78, 5) is 19.2. The van der Waals surface area contributed by atoms with Gasteiger partial charge in [0.15, 0.2) is 5.16 Å². The predicted octanol–water partition coefficient (Wildman–Crippen LogP) is 4.31. The Morgan fingerprint density at radius 2 is 1.83 bits per heavy atom. The van der Waals surface area contributed by atoms with Gasteiger partial charge in [0, 0.05) is 30.2 Å². The number of benzene rings is 1. The molecule has 1 aromatic carbocycles. The molecule has 1 heterocycles. The van der Waals surface area contributed by atoms with E-state index >= 15 is 0 Å². The first-order valence-corrected chi connectivity index (χ1v) is 9.28. The zero-order valence-corrected chi connectivity index (χ0v) is 16.2. The number of carbonyl (C=O) groups excluding carboxylic acids is 1. The smallest absolute Gasteiger partial charge is 0.236 e. The van der Waals surface area contributed by atoms with Crippen molar-refractivity contribution in [2.24, 2.45) is 0 Å². The van der Waals surface area contributed by atoms with Crippen molar-refractivity contribution in [1.29, 1.82) is 0 Å².